The Morgan fingerprint density at radius 2 is 2.04 bits per heavy atom. The molecule has 1 N–H and O–H groups in total. The van der Waals surface area contributed by atoms with Crippen molar-refractivity contribution >= 4 is 16.6 Å². The molecule has 5 nitrogen and oxygen atoms in total. The van der Waals surface area contributed by atoms with Gasteiger partial charge in [0.15, 0.2) is 11.5 Å². The zero-order valence-electron chi connectivity index (χ0n) is 12.5. The van der Waals surface area contributed by atoms with Crippen LogP contribution in [0.5, 0.6) is 11.5 Å². The molecule has 118 valence electrons. The number of nitrogens with zero attached hydrogens (tertiary/aromatic N) is 2. The Bertz CT molecular complexity index is 982. The summed E-state index contributed by atoms with van der Waals surface area (Å²) in [6.45, 7) is 0.681. The number of aromatic nitrogens is 1. The molecule has 0 atom stereocenters. The van der Waals surface area contributed by atoms with Crippen LogP contribution in [0.1, 0.15) is 11.1 Å². The van der Waals surface area contributed by atoms with E-state index in [0.29, 0.717) is 40.2 Å². The predicted octanol–water partition coefficient (Wildman–Crippen LogP) is 3.59. The SMILES string of the molecule is N#Cc1cnc2ccc(F)cc2c1NCc1ccc2c(c1)OCO2. The Morgan fingerprint density at radius 3 is 2.92 bits per heavy atom. The molecule has 0 unspecified atom stereocenters. The average Bonchev–Trinajstić information content (AvgIpc) is 3.07. The first-order valence-electron chi connectivity index (χ1n) is 7.35. The van der Waals surface area contributed by atoms with Crippen molar-refractivity contribution < 1.29 is 13.9 Å². The van der Waals surface area contributed by atoms with Crippen molar-refractivity contribution in [3.05, 3.63) is 59.5 Å². The zero-order valence-corrected chi connectivity index (χ0v) is 12.5. The van der Waals surface area contributed by atoms with E-state index in [0.717, 1.165) is 5.56 Å². The van der Waals surface area contributed by atoms with Gasteiger partial charge in [-0.15, -0.1) is 0 Å². The highest BCUT2D eigenvalue weighted by Gasteiger charge is 2.14. The zero-order chi connectivity index (χ0) is 16.5. The number of hydrogen-bond donors (Lipinski definition) is 1. The van der Waals surface area contributed by atoms with Gasteiger partial charge < -0.3 is 14.8 Å². The van der Waals surface area contributed by atoms with Gasteiger partial charge in [-0.05, 0) is 35.9 Å². The Hall–Kier alpha value is -3.33. The maximum atomic E-state index is 13.6. The van der Waals surface area contributed by atoms with E-state index >= 15 is 0 Å². The Balaban J connectivity index is 1.69. The molecule has 1 aliphatic rings. The number of nitriles is 1. The lowest BCUT2D eigenvalue weighted by Gasteiger charge is -2.12. The van der Waals surface area contributed by atoms with Gasteiger partial charge >= 0.3 is 0 Å². The molecule has 0 aliphatic carbocycles. The van der Waals surface area contributed by atoms with Gasteiger partial charge in [-0.25, -0.2) is 4.39 Å². The van der Waals surface area contributed by atoms with Crippen LogP contribution in [0.15, 0.2) is 42.6 Å². The molecule has 0 fully saturated rings. The maximum Gasteiger partial charge on any atom is 0.231 e. The first-order chi connectivity index (χ1) is 11.7. The topological polar surface area (TPSA) is 67.2 Å². The Labute approximate surface area is 137 Å². The molecule has 2 heterocycles. The average molecular weight is 321 g/mol. The van der Waals surface area contributed by atoms with Gasteiger partial charge in [-0.2, -0.15) is 5.26 Å². The number of fused-ring (bicyclic) bond motifs is 2. The third-order valence-electron chi connectivity index (χ3n) is 3.86. The molecule has 24 heavy (non-hydrogen) atoms. The molecule has 1 aromatic heterocycles. The number of halogens is 1. The van der Waals surface area contributed by atoms with Crippen molar-refractivity contribution in [1.29, 1.82) is 5.26 Å². The normalized spacial score (nSPS) is 12.2. The number of pyridine rings is 1. The molecule has 3 aromatic rings. The van der Waals surface area contributed by atoms with E-state index < -0.39 is 0 Å². The van der Waals surface area contributed by atoms with E-state index in [9.17, 15) is 9.65 Å². The van der Waals surface area contributed by atoms with Gasteiger partial charge in [0, 0.05) is 18.1 Å². The quantitative estimate of drug-likeness (QED) is 0.798. The molecule has 0 amide bonds. The van der Waals surface area contributed by atoms with Crippen LogP contribution >= 0.6 is 0 Å². The van der Waals surface area contributed by atoms with E-state index in [2.05, 4.69) is 16.4 Å². The molecule has 6 heteroatoms. The molecule has 4 rings (SSSR count). The summed E-state index contributed by atoms with van der Waals surface area (Å²) >= 11 is 0. The highest BCUT2D eigenvalue weighted by Crippen LogP contribution is 2.33. The van der Waals surface area contributed by atoms with Crippen LogP contribution in [0.2, 0.25) is 0 Å². The third kappa shape index (κ3) is 2.46. The number of hydrogen-bond acceptors (Lipinski definition) is 5. The van der Waals surface area contributed by atoms with E-state index in [4.69, 9.17) is 9.47 Å². The van der Waals surface area contributed by atoms with Gasteiger partial charge in [-0.1, -0.05) is 6.07 Å². The fraction of sp³-hybridized carbons (Fsp3) is 0.111. The third-order valence-corrected chi connectivity index (χ3v) is 3.86. The maximum absolute atomic E-state index is 13.6. The lowest BCUT2D eigenvalue weighted by atomic mass is 10.1. The molecule has 0 saturated heterocycles. The van der Waals surface area contributed by atoms with Crippen molar-refractivity contribution in [3.8, 4) is 17.6 Å². The summed E-state index contributed by atoms with van der Waals surface area (Å²) in [5, 5.41) is 13.1. The van der Waals surface area contributed by atoms with Crippen LogP contribution in [0.3, 0.4) is 0 Å². The van der Waals surface area contributed by atoms with Crippen LogP contribution in [-0.4, -0.2) is 11.8 Å². The van der Waals surface area contributed by atoms with E-state index in [-0.39, 0.29) is 12.6 Å². The van der Waals surface area contributed by atoms with Gasteiger partial charge in [-0.3, -0.25) is 4.98 Å². The smallest absolute Gasteiger partial charge is 0.231 e. The molecule has 0 bridgehead atoms. The van der Waals surface area contributed by atoms with E-state index in [1.165, 1.54) is 18.3 Å². The Morgan fingerprint density at radius 1 is 1.17 bits per heavy atom. The molecular weight excluding hydrogens is 309 g/mol. The monoisotopic (exact) mass is 321 g/mol. The predicted molar refractivity (Wildman–Crippen MR) is 86.3 cm³/mol. The molecular formula is C18H12FN3O2. The number of ether oxygens (including phenoxy) is 2. The molecule has 0 saturated carbocycles. The number of nitrogens with one attached hydrogen (secondary N) is 1. The standard InChI is InChI=1S/C18H12FN3O2/c19-13-2-3-15-14(6-13)18(12(7-20)9-21-15)22-8-11-1-4-16-17(5-11)24-10-23-16/h1-6,9H,8,10H2,(H,21,22). The van der Waals surface area contributed by atoms with Crippen molar-refractivity contribution in [3.63, 3.8) is 0 Å². The summed E-state index contributed by atoms with van der Waals surface area (Å²) in [5.74, 6) is 1.04. The van der Waals surface area contributed by atoms with Gasteiger partial charge in [0.2, 0.25) is 6.79 Å². The van der Waals surface area contributed by atoms with Gasteiger partial charge in [0.25, 0.3) is 0 Å². The van der Waals surface area contributed by atoms with Crippen LogP contribution in [0, 0.1) is 17.1 Å². The molecule has 0 radical (unpaired) electrons. The summed E-state index contributed by atoms with van der Waals surface area (Å²) in [5.41, 5.74) is 2.53. The van der Waals surface area contributed by atoms with Crippen LogP contribution in [0.4, 0.5) is 10.1 Å². The minimum absolute atomic E-state index is 0.221. The molecule has 1 aliphatic heterocycles. The van der Waals surface area contributed by atoms with Crippen molar-refractivity contribution in [2.24, 2.45) is 0 Å². The fourth-order valence-corrected chi connectivity index (χ4v) is 2.68. The minimum atomic E-state index is -0.370. The summed E-state index contributed by atoms with van der Waals surface area (Å²) in [7, 11) is 0. The first kappa shape index (κ1) is 14.3. The second kappa shape index (κ2) is 5.70. The van der Waals surface area contributed by atoms with Crippen LogP contribution in [0.25, 0.3) is 10.9 Å². The number of rotatable bonds is 3. The van der Waals surface area contributed by atoms with E-state index in [1.807, 2.05) is 18.2 Å². The minimum Gasteiger partial charge on any atom is -0.454 e. The van der Waals surface area contributed by atoms with Crippen molar-refractivity contribution in [2.75, 3.05) is 12.1 Å². The fourth-order valence-electron chi connectivity index (χ4n) is 2.68. The largest absolute Gasteiger partial charge is 0.454 e. The van der Waals surface area contributed by atoms with Crippen molar-refractivity contribution in [2.45, 2.75) is 6.54 Å². The van der Waals surface area contributed by atoms with Gasteiger partial charge in [0.1, 0.15) is 11.9 Å². The second-order valence-corrected chi connectivity index (χ2v) is 5.36. The van der Waals surface area contributed by atoms with Crippen LogP contribution < -0.4 is 14.8 Å². The lowest BCUT2D eigenvalue weighted by Crippen LogP contribution is -2.03. The van der Waals surface area contributed by atoms with Gasteiger partial charge in [0.05, 0.1) is 16.8 Å². The summed E-state index contributed by atoms with van der Waals surface area (Å²) in [6.07, 6.45) is 1.49. The van der Waals surface area contributed by atoms with E-state index in [1.54, 1.807) is 6.07 Å². The first-order valence-corrected chi connectivity index (χ1v) is 7.35. The Kier molecular flexibility index (Phi) is 3.39. The number of benzene rings is 2. The molecule has 2 aromatic carbocycles. The number of anilines is 1. The summed E-state index contributed by atoms with van der Waals surface area (Å²) in [4.78, 5) is 4.19. The highest BCUT2D eigenvalue weighted by atomic mass is 19.1. The lowest BCUT2D eigenvalue weighted by molar-refractivity contribution is 0.174. The highest BCUT2D eigenvalue weighted by molar-refractivity contribution is 5.93. The summed E-state index contributed by atoms with van der Waals surface area (Å²) in [6, 6.07) is 12.1. The van der Waals surface area contributed by atoms with Crippen LogP contribution in [-0.2, 0) is 6.54 Å². The van der Waals surface area contributed by atoms with Crippen molar-refractivity contribution in [1.82, 2.24) is 4.98 Å². The summed E-state index contributed by atoms with van der Waals surface area (Å²) < 4.78 is 24.2. The second-order valence-electron chi connectivity index (χ2n) is 5.36. The molecule has 0 spiro atoms.